The zero-order valence-electron chi connectivity index (χ0n) is 16.7. The first kappa shape index (κ1) is 22.1. The van der Waals surface area contributed by atoms with Crippen LogP contribution in [0.2, 0.25) is 0 Å². The lowest BCUT2D eigenvalue weighted by Crippen LogP contribution is -2.45. The molecule has 0 aliphatic carbocycles. The molecule has 2 saturated heterocycles. The van der Waals surface area contributed by atoms with Gasteiger partial charge in [0, 0.05) is 26.2 Å². The Balaban J connectivity index is 0.00000261. The molecule has 2 unspecified atom stereocenters. The minimum Gasteiger partial charge on any atom is -0.493 e. The van der Waals surface area contributed by atoms with Crippen LogP contribution in [0.15, 0.2) is 29.3 Å². The van der Waals surface area contributed by atoms with Crippen LogP contribution in [-0.2, 0) is 0 Å². The number of para-hydroxylation sites is 2. The highest BCUT2D eigenvalue weighted by Gasteiger charge is 2.30. The molecule has 0 radical (unpaired) electrons. The molecular formula is C20H33IN4O2. The van der Waals surface area contributed by atoms with Crippen LogP contribution in [0.1, 0.15) is 26.2 Å². The lowest BCUT2D eigenvalue weighted by Gasteiger charge is -2.26. The third kappa shape index (κ3) is 5.88. The number of methoxy groups -OCH3 is 1. The van der Waals surface area contributed by atoms with Gasteiger partial charge in [-0.15, -0.1) is 24.0 Å². The summed E-state index contributed by atoms with van der Waals surface area (Å²) < 4.78 is 11.4. The molecule has 1 N–H and O–H groups in total. The molecule has 1 aromatic carbocycles. The van der Waals surface area contributed by atoms with Gasteiger partial charge in [-0.1, -0.05) is 12.1 Å². The van der Waals surface area contributed by atoms with Gasteiger partial charge < -0.3 is 19.7 Å². The molecule has 7 heteroatoms. The van der Waals surface area contributed by atoms with Gasteiger partial charge in [-0.3, -0.25) is 9.89 Å². The van der Waals surface area contributed by atoms with Gasteiger partial charge in [0.05, 0.1) is 13.7 Å². The molecule has 0 amide bonds. The zero-order valence-corrected chi connectivity index (χ0v) is 19.0. The number of aliphatic imine (C=N–C) groups is 1. The third-order valence-electron chi connectivity index (χ3n) is 5.28. The van der Waals surface area contributed by atoms with Gasteiger partial charge in [-0.05, 0) is 51.4 Å². The van der Waals surface area contributed by atoms with Crippen LogP contribution in [0.3, 0.4) is 0 Å². The van der Waals surface area contributed by atoms with Gasteiger partial charge in [-0.2, -0.15) is 0 Å². The van der Waals surface area contributed by atoms with Crippen molar-refractivity contribution in [3.63, 3.8) is 0 Å². The number of nitrogens with zero attached hydrogens (tertiary/aromatic N) is 3. The molecule has 27 heavy (non-hydrogen) atoms. The minimum absolute atomic E-state index is 0. The number of rotatable bonds is 6. The first-order chi connectivity index (χ1) is 12.7. The molecular weight excluding hydrogens is 455 g/mol. The zero-order chi connectivity index (χ0) is 18.4. The van der Waals surface area contributed by atoms with Crippen LogP contribution in [0.25, 0.3) is 0 Å². The Labute approximate surface area is 180 Å². The van der Waals surface area contributed by atoms with Crippen LogP contribution in [0.4, 0.5) is 0 Å². The van der Waals surface area contributed by atoms with E-state index in [0.29, 0.717) is 12.6 Å². The monoisotopic (exact) mass is 488 g/mol. The number of hydrogen-bond acceptors (Lipinski definition) is 4. The molecule has 0 saturated carbocycles. The molecule has 0 spiro atoms. The summed E-state index contributed by atoms with van der Waals surface area (Å²) in [6.45, 7) is 7.42. The maximum absolute atomic E-state index is 6.03. The normalized spacial score (nSPS) is 21.7. The largest absolute Gasteiger partial charge is 0.493 e. The van der Waals surface area contributed by atoms with Crippen LogP contribution in [0.5, 0.6) is 11.5 Å². The number of nitrogens with one attached hydrogen (secondary N) is 1. The number of guanidine groups is 1. The second-order valence-electron chi connectivity index (χ2n) is 7.14. The average molecular weight is 488 g/mol. The summed E-state index contributed by atoms with van der Waals surface area (Å²) in [5.41, 5.74) is 0. The number of hydrogen-bond donors (Lipinski definition) is 1. The molecule has 6 nitrogen and oxygen atoms in total. The van der Waals surface area contributed by atoms with Crippen molar-refractivity contribution in [2.45, 2.75) is 38.3 Å². The summed E-state index contributed by atoms with van der Waals surface area (Å²) in [5, 5.41) is 3.47. The van der Waals surface area contributed by atoms with E-state index in [9.17, 15) is 0 Å². The van der Waals surface area contributed by atoms with Crippen molar-refractivity contribution >= 4 is 29.9 Å². The Hall–Kier alpha value is -1.22. The third-order valence-corrected chi connectivity index (χ3v) is 5.28. The van der Waals surface area contributed by atoms with Crippen LogP contribution in [-0.4, -0.2) is 74.8 Å². The van der Waals surface area contributed by atoms with Gasteiger partial charge in [0.25, 0.3) is 0 Å². The fourth-order valence-corrected chi connectivity index (χ4v) is 3.88. The molecule has 2 aliphatic rings. The Kier molecular flexibility index (Phi) is 8.95. The van der Waals surface area contributed by atoms with Gasteiger partial charge in [0.15, 0.2) is 17.5 Å². The molecule has 152 valence electrons. The van der Waals surface area contributed by atoms with E-state index in [-0.39, 0.29) is 30.1 Å². The van der Waals surface area contributed by atoms with Gasteiger partial charge >= 0.3 is 0 Å². The predicted octanol–water partition coefficient (Wildman–Crippen LogP) is 2.83. The van der Waals surface area contributed by atoms with Crippen LogP contribution < -0.4 is 14.8 Å². The maximum atomic E-state index is 6.03. The summed E-state index contributed by atoms with van der Waals surface area (Å²) in [5.74, 6) is 2.51. The first-order valence-corrected chi connectivity index (χ1v) is 9.70. The SMILES string of the molecule is CN=C(NCC(C)Oc1ccccc1OC)N1CCC(N2CCCC2)C1.I. The number of benzene rings is 1. The average Bonchev–Trinajstić information content (AvgIpc) is 3.34. The Morgan fingerprint density at radius 1 is 1.22 bits per heavy atom. The van der Waals surface area contributed by atoms with Crippen molar-refractivity contribution in [3.8, 4) is 11.5 Å². The fourth-order valence-electron chi connectivity index (χ4n) is 3.88. The summed E-state index contributed by atoms with van der Waals surface area (Å²) in [6, 6.07) is 8.43. The standard InChI is InChI=1S/C20H32N4O2.HI/c1-16(26-19-9-5-4-8-18(19)25-3)14-22-20(21-2)24-13-10-17(15-24)23-11-6-7-12-23;/h4-5,8-9,16-17H,6-7,10-15H2,1-3H3,(H,21,22);1H. The second kappa shape index (κ2) is 10.9. The Morgan fingerprint density at radius 2 is 1.93 bits per heavy atom. The summed E-state index contributed by atoms with van der Waals surface area (Å²) in [4.78, 5) is 9.49. The maximum Gasteiger partial charge on any atom is 0.193 e. The second-order valence-corrected chi connectivity index (χ2v) is 7.14. The lowest BCUT2D eigenvalue weighted by molar-refractivity contribution is 0.212. The fraction of sp³-hybridized carbons (Fsp3) is 0.650. The van der Waals surface area contributed by atoms with Crippen molar-refractivity contribution in [1.82, 2.24) is 15.1 Å². The van der Waals surface area contributed by atoms with Gasteiger partial charge in [0.1, 0.15) is 6.10 Å². The van der Waals surface area contributed by atoms with Crippen LogP contribution in [0, 0.1) is 0 Å². The summed E-state index contributed by atoms with van der Waals surface area (Å²) in [6.07, 6.45) is 3.94. The number of halogens is 1. The van der Waals surface area contributed by atoms with Gasteiger partial charge in [-0.25, -0.2) is 0 Å². The van der Waals surface area contributed by atoms with Gasteiger partial charge in [0.2, 0.25) is 0 Å². The van der Waals surface area contributed by atoms with E-state index in [1.165, 1.54) is 32.4 Å². The van der Waals surface area contributed by atoms with Crippen molar-refractivity contribution in [1.29, 1.82) is 0 Å². The highest BCUT2D eigenvalue weighted by atomic mass is 127. The Morgan fingerprint density at radius 3 is 2.59 bits per heavy atom. The molecule has 2 atom stereocenters. The molecule has 1 aromatic rings. The highest BCUT2D eigenvalue weighted by Crippen LogP contribution is 2.26. The van der Waals surface area contributed by atoms with E-state index in [1.807, 2.05) is 31.3 Å². The number of ether oxygens (including phenoxy) is 2. The quantitative estimate of drug-likeness (QED) is 0.379. The van der Waals surface area contributed by atoms with E-state index in [0.717, 1.165) is 30.5 Å². The molecule has 3 rings (SSSR count). The molecule has 2 heterocycles. The van der Waals surface area contributed by atoms with E-state index < -0.39 is 0 Å². The summed E-state index contributed by atoms with van der Waals surface area (Å²) >= 11 is 0. The summed E-state index contributed by atoms with van der Waals surface area (Å²) in [7, 11) is 3.52. The van der Waals surface area contributed by atoms with E-state index in [4.69, 9.17) is 9.47 Å². The minimum atomic E-state index is 0. The molecule has 0 aromatic heterocycles. The van der Waals surface area contributed by atoms with Crippen molar-refractivity contribution in [2.75, 3.05) is 46.9 Å². The smallest absolute Gasteiger partial charge is 0.193 e. The van der Waals surface area contributed by atoms with Crippen LogP contribution >= 0.6 is 24.0 Å². The van der Waals surface area contributed by atoms with Crippen molar-refractivity contribution in [2.24, 2.45) is 4.99 Å². The highest BCUT2D eigenvalue weighted by molar-refractivity contribution is 14.0. The van der Waals surface area contributed by atoms with Crippen molar-refractivity contribution < 1.29 is 9.47 Å². The van der Waals surface area contributed by atoms with E-state index in [2.05, 4.69) is 27.0 Å². The van der Waals surface area contributed by atoms with E-state index >= 15 is 0 Å². The van der Waals surface area contributed by atoms with E-state index in [1.54, 1.807) is 7.11 Å². The molecule has 0 bridgehead atoms. The molecule has 2 aliphatic heterocycles. The molecule has 2 fully saturated rings. The number of likely N-dealkylation sites (tertiary alicyclic amines) is 2. The first-order valence-electron chi connectivity index (χ1n) is 9.70. The Bertz CT molecular complexity index is 607. The predicted molar refractivity (Wildman–Crippen MR) is 121 cm³/mol. The van der Waals surface area contributed by atoms with Crippen molar-refractivity contribution in [3.05, 3.63) is 24.3 Å². The topological polar surface area (TPSA) is 49.3 Å². The lowest BCUT2D eigenvalue weighted by atomic mass is 10.2.